The van der Waals surface area contributed by atoms with Crippen LogP contribution in [0.1, 0.15) is 102 Å². The lowest BCUT2D eigenvalue weighted by atomic mass is 9.98. The number of ketones is 1. The van der Waals surface area contributed by atoms with Crippen molar-refractivity contribution in [3.8, 4) is 23.0 Å². The summed E-state index contributed by atoms with van der Waals surface area (Å²) in [4.78, 5) is 82.7. The normalized spacial score (nSPS) is 11.6. The summed E-state index contributed by atoms with van der Waals surface area (Å²) in [6.45, 7) is 11.0. The minimum atomic E-state index is -2.35. The zero-order valence-corrected chi connectivity index (χ0v) is 53.7. The highest BCUT2D eigenvalue weighted by molar-refractivity contribution is 6.33. The van der Waals surface area contributed by atoms with E-state index in [1.54, 1.807) is 111 Å². The van der Waals surface area contributed by atoms with E-state index in [2.05, 4.69) is 15.4 Å². The average Bonchev–Trinajstić information content (AvgIpc) is 0.807. The molecule has 2 unspecified atom stereocenters. The Morgan fingerprint density at radius 2 is 0.787 bits per heavy atom. The lowest BCUT2D eigenvalue weighted by Crippen LogP contribution is -2.42. The number of nitrogen functional groups attached to an aromatic ring is 3. The van der Waals surface area contributed by atoms with Gasteiger partial charge in [0.05, 0.1) is 45.0 Å². The highest BCUT2D eigenvalue weighted by Crippen LogP contribution is 2.32. The van der Waals surface area contributed by atoms with Gasteiger partial charge in [-0.25, -0.2) is 22.8 Å². The third-order valence-corrected chi connectivity index (χ3v) is 13.4. The Hall–Kier alpha value is -9.69. The fourth-order valence-corrected chi connectivity index (χ4v) is 8.58. The van der Waals surface area contributed by atoms with Gasteiger partial charge in [0.25, 0.3) is 11.8 Å². The molecule has 7 aromatic rings. The minimum Gasteiger partial charge on any atom is -0.489 e. The van der Waals surface area contributed by atoms with Crippen LogP contribution in [0.25, 0.3) is 0 Å². The number of ether oxygens (including phenoxy) is 4. The van der Waals surface area contributed by atoms with Crippen LogP contribution in [0.4, 0.5) is 39.0 Å². The summed E-state index contributed by atoms with van der Waals surface area (Å²) >= 11 is 18.2. The topological polar surface area (TPSA) is 351 Å². The number of carboxylic acids is 2. The van der Waals surface area contributed by atoms with Gasteiger partial charge in [-0.3, -0.25) is 24.0 Å². The molecule has 20 nitrogen and oxygen atoms in total. The first-order valence-electron chi connectivity index (χ1n) is 28.4. The summed E-state index contributed by atoms with van der Waals surface area (Å²) in [5.41, 5.74) is 31.9. The number of hydrogen-bond donors (Lipinski definition) is 9. The van der Waals surface area contributed by atoms with Gasteiger partial charge in [0.2, 0.25) is 40.7 Å². The number of carbonyl (C=O) groups is 7. The van der Waals surface area contributed by atoms with Crippen LogP contribution in [-0.4, -0.2) is 88.1 Å². The molecule has 502 valence electrons. The van der Waals surface area contributed by atoms with Crippen molar-refractivity contribution in [2.24, 2.45) is 11.5 Å². The average molecular weight is 1370 g/mol. The van der Waals surface area contributed by atoms with E-state index in [0.29, 0.717) is 45.6 Å². The second kappa shape index (κ2) is 36.5. The Labute approximate surface area is 552 Å². The van der Waals surface area contributed by atoms with Gasteiger partial charge in [0, 0.05) is 47.5 Å². The van der Waals surface area contributed by atoms with E-state index >= 15 is 0 Å². The molecule has 0 radical (unpaired) electrons. The number of primary amides is 1. The third kappa shape index (κ3) is 24.7. The molecule has 0 saturated heterocycles. The molecule has 0 saturated carbocycles. The van der Waals surface area contributed by atoms with Crippen molar-refractivity contribution in [1.82, 2.24) is 10.6 Å². The predicted octanol–water partition coefficient (Wildman–Crippen LogP) is 11.3. The lowest BCUT2D eigenvalue weighted by molar-refractivity contribution is -0.139. The summed E-state index contributed by atoms with van der Waals surface area (Å²) in [5, 5.41) is 23.8. The number of rotatable bonds is 24. The summed E-state index contributed by atoms with van der Waals surface area (Å²) in [6, 6.07) is 30.9. The zero-order valence-electron chi connectivity index (χ0n) is 51.4. The van der Waals surface area contributed by atoms with Crippen molar-refractivity contribution >= 4 is 93.3 Å². The molecule has 0 fully saturated rings. The Balaban J connectivity index is 0.000000275. The van der Waals surface area contributed by atoms with Gasteiger partial charge in [-0.15, -0.1) is 0 Å². The first-order valence-corrected chi connectivity index (χ1v) is 29.6. The molecule has 0 aliphatic rings. The largest absolute Gasteiger partial charge is 0.489 e. The standard InChI is InChI=1S/C22H26ClN3O4.C19H21ClN2O4.C16H10ClF5O3.C9H12N2O2/c1-13(2)30-20-9-5-15(12-17(20)23)22(29)26-18(19(27)8-10-21(25)28)11-14-3-6-16(24)7-4-14;1-11(2)26-17-8-5-13(10-15(17)20)18(23)22-16(19(24)25)9-12-3-6-14(21)7-4-12;1-6(2)24-9-4-3-7(5-8(9)17)16(23)25-15-13(21)11(19)10(18)12(20)14(15)22;10-7-3-1-6(2-4-7)5-8(11)9(12)13/h3-7,9,12-13,18H,8,10-11,24H2,1-2H3,(H2,25,28)(H,26,29);3-8,10-11,16H,9,21H2,1-2H3,(H,22,23)(H,24,25);3-6H,1-2H3;1-4,8H,5,10-11H2,(H,12,13)/t;;;8-/m...0/s1. The monoisotopic (exact) mass is 1370 g/mol. The van der Waals surface area contributed by atoms with Gasteiger partial charge in [0.15, 0.2) is 5.78 Å². The van der Waals surface area contributed by atoms with Gasteiger partial charge in [-0.1, -0.05) is 71.2 Å². The first-order chi connectivity index (χ1) is 44.1. The fraction of sp³-hybridized carbons (Fsp3) is 0.258. The predicted molar refractivity (Wildman–Crippen MR) is 346 cm³/mol. The van der Waals surface area contributed by atoms with Crippen LogP contribution in [0.5, 0.6) is 23.0 Å². The number of Topliss-reactive ketones (excluding diaryl/α,β-unsaturated/α-hetero) is 1. The molecule has 14 N–H and O–H groups in total. The van der Waals surface area contributed by atoms with E-state index in [-0.39, 0.29) is 76.7 Å². The Bertz CT molecular complexity index is 3770. The van der Waals surface area contributed by atoms with Crippen LogP contribution >= 0.6 is 34.8 Å². The minimum absolute atomic E-state index is 0.000520. The Morgan fingerprint density at radius 3 is 1.13 bits per heavy atom. The molecule has 7 rings (SSSR count). The molecule has 3 amide bonds. The smallest absolute Gasteiger partial charge is 0.343 e. The van der Waals surface area contributed by atoms with Gasteiger partial charge in [0.1, 0.15) is 29.3 Å². The molecule has 28 heteroatoms. The van der Waals surface area contributed by atoms with E-state index in [1.165, 1.54) is 18.2 Å². The van der Waals surface area contributed by atoms with Crippen molar-refractivity contribution in [1.29, 1.82) is 0 Å². The SMILES string of the molecule is CC(C)Oc1ccc(C(=O)NC(Cc2ccc(N)cc2)C(=O)CCC(N)=O)cc1Cl.CC(C)Oc1ccc(C(=O)NC(Cc2ccc(N)cc2)C(=O)O)cc1Cl.CC(C)Oc1ccc(C(=O)Oc2c(F)c(F)c(F)c(F)c2F)cc1Cl.Nc1ccc(C[C@H](N)C(=O)O)cc1. The zero-order chi connectivity index (χ0) is 70.3. The number of esters is 1. The third-order valence-electron chi connectivity index (χ3n) is 12.5. The molecular formula is C66H69Cl3F5N7O13. The van der Waals surface area contributed by atoms with Crippen LogP contribution in [0.2, 0.25) is 15.1 Å². The molecule has 94 heavy (non-hydrogen) atoms. The highest BCUT2D eigenvalue weighted by Gasteiger charge is 2.30. The number of halogens is 8. The maximum atomic E-state index is 13.5. The first kappa shape index (κ1) is 76.8. The number of hydrogen-bond acceptors (Lipinski definition) is 15. The number of anilines is 3. The lowest BCUT2D eigenvalue weighted by Gasteiger charge is -2.18. The maximum Gasteiger partial charge on any atom is 0.343 e. The fourth-order valence-electron chi connectivity index (χ4n) is 7.91. The Kier molecular flexibility index (Phi) is 29.8. The number of amides is 3. The molecule has 0 spiro atoms. The second-order valence-electron chi connectivity index (χ2n) is 21.3. The number of carboxylic acid groups (broad SMARTS) is 2. The number of benzene rings is 7. The number of nitrogens with two attached hydrogens (primary N) is 5. The molecule has 3 atom stereocenters. The highest BCUT2D eigenvalue weighted by atomic mass is 35.5. The summed E-state index contributed by atoms with van der Waals surface area (Å²) in [6.07, 6.45) is 0.268. The molecule has 7 aromatic carbocycles. The molecule has 0 aliphatic carbocycles. The molecule has 0 aromatic heterocycles. The van der Waals surface area contributed by atoms with Crippen molar-refractivity contribution in [3.05, 3.63) is 205 Å². The van der Waals surface area contributed by atoms with Gasteiger partial charge in [-0.05, 0) is 162 Å². The van der Waals surface area contributed by atoms with E-state index < -0.39 is 88.6 Å². The van der Waals surface area contributed by atoms with Crippen LogP contribution < -0.4 is 58.2 Å². The van der Waals surface area contributed by atoms with Gasteiger partial charge >= 0.3 is 17.9 Å². The molecule has 0 heterocycles. The molecule has 0 aliphatic heterocycles. The van der Waals surface area contributed by atoms with E-state index in [9.17, 15) is 60.6 Å². The number of carbonyl (C=O) groups excluding carboxylic acids is 5. The molecule has 0 bridgehead atoms. The maximum absolute atomic E-state index is 13.5. The summed E-state index contributed by atoms with van der Waals surface area (Å²) in [5.74, 6) is -17.1. The quantitative estimate of drug-likeness (QED) is 0.00678. The number of aliphatic carboxylic acids is 2. The van der Waals surface area contributed by atoms with Crippen LogP contribution in [0, 0.1) is 29.1 Å². The van der Waals surface area contributed by atoms with Crippen LogP contribution in [0.3, 0.4) is 0 Å². The van der Waals surface area contributed by atoms with Crippen molar-refractivity contribution in [3.63, 3.8) is 0 Å². The van der Waals surface area contributed by atoms with Crippen LogP contribution in [0.15, 0.2) is 127 Å². The number of nitrogens with one attached hydrogen (secondary N) is 2. The van der Waals surface area contributed by atoms with Crippen molar-refractivity contribution in [2.75, 3.05) is 17.2 Å². The van der Waals surface area contributed by atoms with Crippen LogP contribution in [-0.2, 0) is 38.4 Å². The Morgan fingerprint density at radius 1 is 0.457 bits per heavy atom. The van der Waals surface area contributed by atoms with Crippen molar-refractivity contribution < 1.29 is 84.7 Å². The summed E-state index contributed by atoms with van der Waals surface area (Å²) in [7, 11) is 0. The second-order valence-corrected chi connectivity index (χ2v) is 22.6. The van der Waals surface area contributed by atoms with E-state index in [1.807, 2.05) is 27.7 Å². The summed E-state index contributed by atoms with van der Waals surface area (Å²) < 4.78 is 87.0. The van der Waals surface area contributed by atoms with E-state index in [4.69, 9.17) is 82.8 Å². The molecular weight excluding hydrogens is 1300 g/mol. The van der Waals surface area contributed by atoms with E-state index in [0.717, 1.165) is 28.8 Å². The van der Waals surface area contributed by atoms with Gasteiger partial charge in [-0.2, -0.15) is 8.78 Å². The van der Waals surface area contributed by atoms with Gasteiger partial charge < -0.3 is 68.5 Å². The van der Waals surface area contributed by atoms with Crippen molar-refractivity contribution in [2.45, 2.75) is 110 Å².